The lowest BCUT2D eigenvalue weighted by Crippen LogP contribution is -2.42. The number of nitrogen functional groups attached to an aromatic ring is 1. The molecule has 1 saturated carbocycles. The van der Waals surface area contributed by atoms with Crippen LogP contribution >= 0.6 is 0 Å². The lowest BCUT2D eigenvalue weighted by Gasteiger charge is -2.36. The van der Waals surface area contributed by atoms with Gasteiger partial charge in [-0.05, 0) is 43.0 Å². The second-order valence-corrected chi connectivity index (χ2v) is 5.47. The smallest absolute Gasteiger partial charge is 0.253 e. The van der Waals surface area contributed by atoms with Crippen molar-refractivity contribution in [1.82, 2.24) is 4.90 Å². The monoisotopic (exact) mass is 261 g/mol. The largest absolute Gasteiger partial charge is 0.338 e. The number of benzene rings is 1. The van der Waals surface area contributed by atoms with Crippen molar-refractivity contribution in [1.29, 1.82) is 0 Å². The molecule has 0 radical (unpaired) electrons. The molecule has 104 valence electrons. The van der Waals surface area contributed by atoms with Crippen LogP contribution in [0.4, 0.5) is 5.69 Å². The Morgan fingerprint density at radius 1 is 1.26 bits per heavy atom. The Kier molecular flexibility index (Phi) is 4.43. The summed E-state index contributed by atoms with van der Waals surface area (Å²) in [5, 5.41) is 0. The second kappa shape index (κ2) is 6.06. The molecule has 0 saturated heterocycles. The highest BCUT2D eigenvalue weighted by molar-refractivity contribution is 5.94. The Hall–Kier alpha value is -1.55. The molecule has 0 aromatic heterocycles. The van der Waals surface area contributed by atoms with Crippen molar-refractivity contribution < 1.29 is 4.79 Å². The minimum Gasteiger partial charge on any atom is -0.338 e. The van der Waals surface area contributed by atoms with Crippen molar-refractivity contribution in [2.24, 2.45) is 11.8 Å². The summed E-state index contributed by atoms with van der Waals surface area (Å²) in [6.07, 6.45) is 4.85. The molecule has 1 aromatic rings. The number of carbonyl (C=O) groups is 1. The molecule has 4 heteroatoms. The van der Waals surface area contributed by atoms with Gasteiger partial charge in [0.1, 0.15) is 0 Å². The summed E-state index contributed by atoms with van der Waals surface area (Å²) in [4.78, 5) is 14.4. The number of nitrogens with one attached hydrogen (secondary N) is 1. The first-order valence-electron chi connectivity index (χ1n) is 6.97. The van der Waals surface area contributed by atoms with E-state index in [2.05, 4.69) is 12.3 Å². The van der Waals surface area contributed by atoms with Gasteiger partial charge in [-0.3, -0.25) is 10.6 Å². The quantitative estimate of drug-likeness (QED) is 0.649. The lowest BCUT2D eigenvalue weighted by atomic mass is 9.85. The van der Waals surface area contributed by atoms with Gasteiger partial charge in [0.25, 0.3) is 5.91 Å². The van der Waals surface area contributed by atoms with Crippen LogP contribution in [0.2, 0.25) is 0 Å². The van der Waals surface area contributed by atoms with Gasteiger partial charge in [0.05, 0.1) is 0 Å². The Bertz CT molecular complexity index is 430. The third kappa shape index (κ3) is 3.07. The molecule has 0 bridgehead atoms. The van der Waals surface area contributed by atoms with Crippen molar-refractivity contribution in [3.63, 3.8) is 0 Å². The number of hydrazine groups is 1. The molecule has 1 aliphatic carbocycles. The highest BCUT2D eigenvalue weighted by Crippen LogP contribution is 2.28. The highest BCUT2D eigenvalue weighted by atomic mass is 16.2. The van der Waals surface area contributed by atoms with Gasteiger partial charge in [-0.2, -0.15) is 0 Å². The molecule has 1 amide bonds. The van der Waals surface area contributed by atoms with Gasteiger partial charge in [-0.15, -0.1) is 0 Å². The van der Waals surface area contributed by atoms with Crippen LogP contribution in [0.3, 0.4) is 0 Å². The maximum Gasteiger partial charge on any atom is 0.253 e. The SMILES string of the molecule is CC1CCCCC1N(C)C(=O)c1ccc(NN)cc1. The van der Waals surface area contributed by atoms with Crippen LogP contribution in [-0.2, 0) is 0 Å². The summed E-state index contributed by atoms with van der Waals surface area (Å²) in [7, 11) is 1.92. The summed E-state index contributed by atoms with van der Waals surface area (Å²) in [6, 6.07) is 7.66. The molecule has 3 N–H and O–H groups in total. The zero-order valence-electron chi connectivity index (χ0n) is 11.7. The van der Waals surface area contributed by atoms with Crippen LogP contribution in [0.5, 0.6) is 0 Å². The van der Waals surface area contributed by atoms with Crippen molar-refractivity contribution in [2.45, 2.75) is 38.6 Å². The molecular weight excluding hydrogens is 238 g/mol. The van der Waals surface area contributed by atoms with E-state index >= 15 is 0 Å². The van der Waals surface area contributed by atoms with Crippen LogP contribution in [0, 0.1) is 5.92 Å². The average molecular weight is 261 g/mol. The number of nitrogens with zero attached hydrogens (tertiary/aromatic N) is 1. The molecule has 1 aromatic carbocycles. The van der Waals surface area contributed by atoms with Gasteiger partial charge >= 0.3 is 0 Å². The van der Waals surface area contributed by atoms with Gasteiger partial charge in [0, 0.05) is 24.3 Å². The van der Waals surface area contributed by atoms with Gasteiger partial charge in [0.2, 0.25) is 0 Å². The predicted octanol–water partition coefficient (Wildman–Crippen LogP) is 2.62. The molecule has 1 aliphatic rings. The molecule has 0 heterocycles. The fourth-order valence-electron chi connectivity index (χ4n) is 2.94. The van der Waals surface area contributed by atoms with E-state index in [0.717, 1.165) is 17.7 Å². The Morgan fingerprint density at radius 2 is 1.89 bits per heavy atom. The van der Waals surface area contributed by atoms with Gasteiger partial charge in [0.15, 0.2) is 0 Å². The maximum atomic E-state index is 12.5. The van der Waals surface area contributed by atoms with E-state index in [0.29, 0.717) is 12.0 Å². The number of anilines is 1. The topological polar surface area (TPSA) is 58.4 Å². The molecule has 2 atom stereocenters. The number of hydrogen-bond donors (Lipinski definition) is 2. The first kappa shape index (κ1) is 13.9. The number of carbonyl (C=O) groups excluding carboxylic acids is 1. The van der Waals surface area contributed by atoms with E-state index < -0.39 is 0 Å². The minimum absolute atomic E-state index is 0.0994. The van der Waals surface area contributed by atoms with Crippen molar-refractivity contribution >= 4 is 11.6 Å². The minimum atomic E-state index is 0.0994. The average Bonchev–Trinajstić information content (AvgIpc) is 2.46. The Morgan fingerprint density at radius 3 is 2.47 bits per heavy atom. The molecular formula is C15H23N3O. The summed E-state index contributed by atoms with van der Waals surface area (Å²) < 4.78 is 0. The van der Waals surface area contributed by atoms with Crippen molar-refractivity contribution in [3.8, 4) is 0 Å². The van der Waals surface area contributed by atoms with Crippen LogP contribution in [0.15, 0.2) is 24.3 Å². The Labute approximate surface area is 114 Å². The Balaban J connectivity index is 2.08. The predicted molar refractivity (Wildman–Crippen MR) is 77.8 cm³/mol. The second-order valence-electron chi connectivity index (χ2n) is 5.47. The number of rotatable bonds is 3. The van der Waals surface area contributed by atoms with Crippen LogP contribution in [0.25, 0.3) is 0 Å². The summed E-state index contributed by atoms with van der Waals surface area (Å²) in [6.45, 7) is 2.25. The number of amides is 1. The van der Waals surface area contributed by atoms with Crippen LogP contribution in [0.1, 0.15) is 43.0 Å². The van der Waals surface area contributed by atoms with E-state index in [9.17, 15) is 4.79 Å². The number of nitrogens with two attached hydrogens (primary N) is 1. The molecule has 2 unspecified atom stereocenters. The first-order chi connectivity index (χ1) is 9.13. The zero-order valence-corrected chi connectivity index (χ0v) is 11.7. The molecule has 1 fully saturated rings. The fraction of sp³-hybridized carbons (Fsp3) is 0.533. The molecule has 2 rings (SSSR count). The normalized spacial score (nSPS) is 22.9. The van der Waals surface area contributed by atoms with E-state index in [4.69, 9.17) is 5.84 Å². The summed E-state index contributed by atoms with van der Waals surface area (Å²) in [5.41, 5.74) is 4.10. The molecule has 4 nitrogen and oxygen atoms in total. The van der Waals surface area contributed by atoms with E-state index in [-0.39, 0.29) is 5.91 Å². The van der Waals surface area contributed by atoms with Gasteiger partial charge < -0.3 is 10.3 Å². The van der Waals surface area contributed by atoms with Gasteiger partial charge in [-0.25, -0.2) is 0 Å². The molecule has 0 aliphatic heterocycles. The van der Waals surface area contributed by atoms with Crippen LogP contribution < -0.4 is 11.3 Å². The molecule has 0 spiro atoms. The van der Waals surface area contributed by atoms with E-state index in [1.165, 1.54) is 19.3 Å². The summed E-state index contributed by atoms with van der Waals surface area (Å²) >= 11 is 0. The van der Waals surface area contributed by atoms with E-state index in [1.807, 2.05) is 36.2 Å². The number of hydrogen-bond acceptors (Lipinski definition) is 3. The van der Waals surface area contributed by atoms with Crippen LogP contribution in [-0.4, -0.2) is 23.9 Å². The maximum absolute atomic E-state index is 12.5. The third-order valence-corrected chi connectivity index (χ3v) is 4.18. The zero-order chi connectivity index (χ0) is 13.8. The van der Waals surface area contributed by atoms with Gasteiger partial charge in [-0.1, -0.05) is 19.8 Å². The van der Waals surface area contributed by atoms with Crippen molar-refractivity contribution in [3.05, 3.63) is 29.8 Å². The lowest BCUT2D eigenvalue weighted by molar-refractivity contribution is 0.0629. The fourth-order valence-corrected chi connectivity index (χ4v) is 2.94. The van der Waals surface area contributed by atoms with Crippen molar-refractivity contribution in [2.75, 3.05) is 12.5 Å². The molecule has 19 heavy (non-hydrogen) atoms. The highest BCUT2D eigenvalue weighted by Gasteiger charge is 2.28. The standard InChI is InChI=1S/C15H23N3O/c1-11-5-3-4-6-14(11)18(2)15(19)12-7-9-13(17-16)10-8-12/h7-11,14,17H,3-6,16H2,1-2H3. The van der Waals surface area contributed by atoms with E-state index in [1.54, 1.807) is 0 Å². The third-order valence-electron chi connectivity index (χ3n) is 4.18. The summed E-state index contributed by atoms with van der Waals surface area (Å²) in [5.74, 6) is 6.02. The first-order valence-corrected chi connectivity index (χ1v) is 6.97.